The molecular weight excluding hydrogens is 465 g/mol. The van der Waals surface area contributed by atoms with Gasteiger partial charge in [0.25, 0.3) is 5.91 Å². The number of rotatable bonds is 7. The summed E-state index contributed by atoms with van der Waals surface area (Å²) in [7, 11) is 0. The van der Waals surface area contributed by atoms with Crippen molar-refractivity contribution < 1.29 is 32.6 Å². The SMILES string of the molecule is Cc1ccc(C(=O)NC2(C(=O)NCc3ccc(Oc4ccc(O)cc4C(F)(F)F)cn3)CC2)cn1. The van der Waals surface area contributed by atoms with Gasteiger partial charge in [-0.2, -0.15) is 13.2 Å². The van der Waals surface area contributed by atoms with E-state index in [1.54, 1.807) is 19.1 Å². The number of amides is 2. The maximum absolute atomic E-state index is 13.2. The largest absolute Gasteiger partial charge is 0.508 e. The Kier molecular flexibility index (Phi) is 6.33. The zero-order chi connectivity index (χ0) is 25.2. The number of carbonyl (C=O) groups excluding carboxylic acids is 2. The van der Waals surface area contributed by atoms with Crippen molar-refractivity contribution in [3.63, 3.8) is 0 Å². The van der Waals surface area contributed by atoms with Gasteiger partial charge in [0.15, 0.2) is 0 Å². The van der Waals surface area contributed by atoms with Crippen LogP contribution in [0.5, 0.6) is 17.2 Å². The normalized spacial score (nSPS) is 14.2. The Morgan fingerprint density at radius 2 is 1.86 bits per heavy atom. The maximum atomic E-state index is 13.2. The number of nitrogens with zero attached hydrogens (tertiary/aromatic N) is 2. The maximum Gasteiger partial charge on any atom is 0.420 e. The molecule has 0 spiro atoms. The predicted molar refractivity (Wildman–Crippen MR) is 118 cm³/mol. The molecular formula is C24H21F3N4O4. The average Bonchev–Trinajstić information content (AvgIpc) is 3.60. The summed E-state index contributed by atoms with van der Waals surface area (Å²) in [6.45, 7) is 1.85. The lowest BCUT2D eigenvalue weighted by molar-refractivity contribution is -0.138. The van der Waals surface area contributed by atoms with E-state index in [1.165, 1.54) is 24.5 Å². The van der Waals surface area contributed by atoms with Crippen LogP contribution in [-0.2, 0) is 17.5 Å². The molecule has 0 saturated heterocycles. The van der Waals surface area contributed by atoms with E-state index in [0.717, 1.165) is 17.8 Å². The molecule has 3 aromatic rings. The van der Waals surface area contributed by atoms with Crippen LogP contribution in [0.1, 0.15) is 40.2 Å². The summed E-state index contributed by atoms with van der Waals surface area (Å²) in [5.74, 6) is -1.71. The van der Waals surface area contributed by atoms with E-state index in [4.69, 9.17) is 4.74 Å². The third kappa shape index (κ3) is 5.68. The number of carbonyl (C=O) groups is 2. The molecule has 1 aromatic carbocycles. The van der Waals surface area contributed by atoms with Crippen LogP contribution in [0.2, 0.25) is 0 Å². The molecule has 0 bridgehead atoms. The van der Waals surface area contributed by atoms with E-state index >= 15 is 0 Å². The highest BCUT2D eigenvalue weighted by molar-refractivity contribution is 6.00. The second kappa shape index (κ2) is 9.24. The summed E-state index contributed by atoms with van der Waals surface area (Å²) in [4.78, 5) is 33.3. The van der Waals surface area contributed by atoms with E-state index in [2.05, 4.69) is 20.6 Å². The number of ether oxygens (including phenoxy) is 1. The molecule has 1 aliphatic carbocycles. The monoisotopic (exact) mass is 486 g/mol. The highest BCUT2D eigenvalue weighted by atomic mass is 19.4. The average molecular weight is 486 g/mol. The van der Waals surface area contributed by atoms with Crippen LogP contribution in [0.15, 0.2) is 54.9 Å². The van der Waals surface area contributed by atoms with Gasteiger partial charge in [0.2, 0.25) is 5.91 Å². The van der Waals surface area contributed by atoms with Gasteiger partial charge in [0, 0.05) is 11.9 Å². The Bertz CT molecular complexity index is 1240. The van der Waals surface area contributed by atoms with Gasteiger partial charge < -0.3 is 20.5 Å². The number of hydrogen-bond acceptors (Lipinski definition) is 6. The molecule has 2 heterocycles. The van der Waals surface area contributed by atoms with Crippen LogP contribution < -0.4 is 15.4 Å². The molecule has 2 aromatic heterocycles. The van der Waals surface area contributed by atoms with E-state index in [9.17, 15) is 27.9 Å². The molecule has 0 atom stereocenters. The molecule has 1 fully saturated rings. The summed E-state index contributed by atoms with van der Waals surface area (Å²) >= 11 is 0. The number of aromatic hydroxyl groups is 1. The van der Waals surface area contributed by atoms with E-state index in [1.807, 2.05) is 0 Å². The lowest BCUT2D eigenvalue weighted by Crippen LogP contribution is -2.48. The van der Waals surface area contributed by atoms with Crippen LogP contribution in [0.3, 0.4) is 0 Å². The van der Waals surface area contributed by atoms with Gasteiger partial charge in [-0.15, -0.1) is 0 Å². The zero-order valence-electron chi connectivity index (χ0n) is 18.5. The third-order valence-electron chi connectivity index (χ3n) is 5.44. The van der Waals surface area contributed by atoms with Gasteiger partial charge in [-0.25, -0.2) is 0 Å². The van der Waals surface area contributed by atoms with Crippen LogP contribution in [0.4, 0.5) is 13.2 Å². The van der Waals surface area contributed by atoms with Crippen molar-refractivity contribution in [2.24, 2.45) is 0 Å². The topological polar surface area (TPSA) is 113 Å². The second-order valence-corrected chi connectivity index (χ2v) is 8.17. The highest BCUT2D eigenvalue weighted by Gasteiger charge is 2.51. The molecule has 0 aliphatic heterocycles. The Morgan fingerprint density at radius 1 is 1.09 bits per heavy atom. The number of aryl methyl sites for hydroxylation is 1. The van der Waals surface area contributed by atoms with Crippen LogP contribution in [0.25, 0.3) is 0 Å². The van der Waals surface area contributed by atoms with E-state index < -0.39 is 34.7 Å². The fraction of sp³-hybridized carbons (Fsp3) is 0.250. The number of benzene rings is 1. The van der Waals surface area contributed by atoms with Crippen molar-refractivity contribution in [1.29, 1.82) is 0 Å². The molecule has 0 unspecified atom stereocenters. The van der Waals surface area contributed by atoms with Crippen molar-refractivity contribution >= 4 is 11.8 Å². The minimum Gasteiger partial charge on any atom is -0.508 e. The van der Waals surface area contributed by atoms with E-state index in [0.29, 0.717) is 30.2 Å². The molecule has 4 rings (SSSR count). The number of halogens is 3. The lowest BCUT2D eigenvalue weighted by atomic mass is 10.2. The molecule has 0 radical (unpaired) electrons. The first-order chi connectivity index (χ1) is 16.6. The molecule has 1 saturated carbocycles. The number of phenols is 1. The molecule has 182 valence electrons. The minimum absolute atomic E-state index is 0.0499. The molecule has 11 heteroatoms. The quantitative estimate of drug-likeness (QED) is 0.467. The first-order valence-electron chi connectivity index (χ1n) is 10.6. The summed E-state index contributed by atoms with van der Waals surface area (Å²) in [5.41, 5.74) is -0.537. The number of phenolic OH excluding ortho intramolecular Hbond substituents is 1. The fourth-order valence-electron chi connectivity index (χ4n) is 3.30. The molecule has 35 heavy (non-hydrogen) atoms. The van der Waals surface area contributed by atoms with Gasteiger partial charge in [-0.3, -0.25) is 19.6 Å². The number of pyridine rings is 2. The Balaban J connectivity index is 1.34. The van der Waals surface area contributed by atoms with E-state index in [-0.39, 0.29) is 18.2 Å². The van der Waals surface area contributed by atoms with Crippen LogP contribution in [-0.4, -0.2) is 32.4 Å². The standard InChI is InChI=1S/C24H21F3N4O4/c1-14-2-3-15(11-28-14)21(33)31-23(8-9-23)22(34)30-12-16-4-6-18(13-29-16)35-20-7-5-17(32)10-19(20)24(25,26)27/h2-7,10-11,13,32H,8-9,12H2,1H3,(H,30,34)(H,31,33). The molecule has 1 aliphatic rings. The van der Waals surface area contributed by atoms with Crippen molar-refractivity contribution in [3.8, 4) is 17.2 Å². The smallest absolute Gasteiger partial charge is 0.420 e. The van der Waals surface area contributed by atoms with Gasteiger partial charge in [-0.1, -0.05) is 0 Å². The van der Waals surface area contributed by atoms with Crippen molar-refractivity contribution in [3.05, 3.63) is 77.4 Å². The van der Waals surface area contributed by atoms with Gasteiger partial charge >= 0.3 is 6.18 Å². The van der Waals surface area contributed by atoms with Crippen LogP contribution >= 0.6 is 0 Å². The highest BCUT2D eigenvalue weighted by Crippen LogP contribution is 2.40. The number of alkyl halides is 3. The van der Waals surface area contributed by atoms with Gasteiger partial charge in [0.1, 0.15) is 28.4 Å². The number of nitrogens with one attached hydrogen (secondary N) is 2. The summed E-state index contributed by atoms with van der Waals surface area (Å²) in [6.07, 6.45) is -1.04. The van der Waals surface area contributed by atoms with Gasteiger partial charge in [-0.05, 0) is 62.2 Å². The number of aromatic nitrogens is 2. The zero-order valence-corrected chi connectivity index (χ0v) is 18.5. The van der Waals surface area contributed by atoms with Crippen molar-refractivity contribution in [1.82, 2.24) is 20.6 Å². The lowest BCUT2D eigenvalue weighted by Gasteiger charge is -2.17. The molecule has 3 N–H and O–H groups in total. The number of hydrogen-bond donors (Lipinski definition) is 3. The minimum atomic E-state index is -4.71. The Hall–Kier alpha value is -4.15. The fourth-order valence-corrected chi connectivity index (χ4v) is 3.30. The summed E-state index contributed by atoms with van der Waals surface area (Å²) in [6, 6.07) is 8.94. The molecule has 2 amide bonds. The second-order valence-electron chi connectivity index (χ2n) is 8.17. The van der Waals surface area contributed by atoms with Crippen molar-refractivity contribution in [2.75, 3.05) is 0 Å². The van der Waals surface area contributed by atoms with Crippen molar-refractivity contribution in [2.45, 2.75) is 38.0 Å². The first kappa shape index (κ1) is 24.0. The van der Waals surface area contributed by atoms with Crippen LogP contribution in [0, 0.1) is 6.92 Å². The van der Waals surface area contributed by atoms with Gasteiger partial charge in [0.05, 0.1) is 24.0 Å². The third-order valence-corrected chi connectivity index (χ3v) is 5.44. The molecule has 8 nitrogen and oxygen atoms in total. The summed E-state index contributed by atoms with van der Waals surface area (Å²) in [5, 5.41) is 14.8. The Morgan fingerprint density at radius 3 is 2.46 bits per heavy atom. The predicted octanol–water partition coefficient (Wildman–Crippen LogP) is 3.88. The first-order valence-corrected chi connectivity index (χ1v) is 10.6. The summed E-state index contributed by atoms with van der Waals surface area (Å²) < 4.78 is 44.9. The Labute approximate surface area is 198 Å².